The van der Waals surface area contributed by atoms with E-state index in [1.807, 2.05) is 66.2 Å². The largest absolute Gasteiger partial charge is 0.356 e. The summed E-state index contributed by atoms with van der Waals surface area (Å²) >= 11 is 0. The van der Waals surface area contributed by atoms with Crippen molar-refractivity contribution in [2.45, 2.75) is 45.1 Å². The highest BCUT2D eigenvalue weighted by molar-refractivity contribution is 5.59. The average molecular weight is 455 g/mol. The van der Waals surface area contributed by atoms with Crippen LogP contribution in [0.1, 0.15) is 55.1 Å². The molecule has 2 atom stereocenters. The monoisotopic (exact) mass is 454 g/mol. The van der Waals surface area contributed by atoms with E-state index in [2.05, 4.69) is 27.0 Å². The summed E-state index contributed by atoms with van der Waals surface area (Å²) in [5, 5.41) is 4.26. The molecule has 0 spiro atoms. The van der Waals surface area contributed by atoms with Crippen molar-refractivity contribution >= 4 is 0 Å². The zero-order chi connectivity index (χ0) is 23.2. The second kappa shape index (κ2) is 10.5. The van der Waals surface area contributed by atoms with Gasteiger partial charge in [0.15, 0.2) is 12.1 Å². The van der Waals surface area contributed by atoms with Crippen LogP contribution in [0.3, 0.4) is 0 Å². The Hall–Kier alpha value is -3.73. The fraction of sp³-hybridized carbons (Fsp3) is 0.296. The van der Waals surface area contributed by atoms with E-state index in [9.17, 15) is 0 Å². The zero-order valence-electron chi connectivity index (χ0n) is 19.1. The first-order chi connectivity index (χ1) is 16.7. The molecule has 0 radical (unpaired) electrons. The lowest BCUT2D eigenvalue weighted by atomic mass is 10.1. The normalized spacial score (nSPS) is 16.6. The topological polar surface area (TPSA) is 75.2 Å². The fourth-order valence-corrected chi connectivity index (χ4v) is 3.91. The lowest BCUT2D eigenvalue weighted by Crippen LogP contribution is -2.24. The van der Waals surface area contributed by atoms with Gasteiger partial charge in [0.2, 0.25) is 0 Å². The van der Waals surface area contributed by atoms with Crippen LogP contribution in [0.5, 0.6) is 0 Å². The molecule has 1 aliphatic rings. The first-order valence-corrected chi connectivity index (χ1v) is 11.5. The van der Waals surface area contributed by atoms with Crippen LogP contribution in [-0.2, 0) is 16.0 Å². The summed E-state index contributed by atoms with van der Waals surface area (Å²) in [5.74, 6) is 7.75. The van der Waals surface area contributed by atoms with Gasteiger partial charge in [0.1, 0.15) is 23.3 Å². The number of pyridine rings is 1. The average Bonchev–Trinajstić information content (AvgIpc) is 3.55. The van der Waals surface area contributed by atoms with Crippen LogP contribution < -0.4 is 0 Å². The number of ether oxygens (including phenoxy) is 2. The zero-order valence-corrected chi connectivity index (χ0v) is 19.1. The van der Waals surface area contributed by atoms with Crippen molar-refractivity contribution in [3.63, 3.8) is 0 Å². The molecule has 1 fully saturated rings. The molecule has 34 heavy (non-hydrogen) atoms. The quantitative estimate of drug-likeness (QED) is 0.382. The van der Waals surface area contributed by atoms with E-state index < -0.39 is 0 Å². The standard InChI is InChI=1S/C27H26N4O3/c1-20(33-26-7-3-5-17-32-26)27-29-15-16-31(27)19-24-18-25(34-30-24)22-11-8-21(9-12-22)10-13-23-6-2-4-14-28-23/h2,4,6,8-9,11-12,14-16,18,20,26H,3,5,7,17,19H2,1H3/t20-,26?/m0/s1. The molecule has 0 aliphatic carbocycles. The van der Waals surface area contributed by atoms with Crippen LogP contribution in [0.2, 0.25) is 0 Å². The van der Waals surface area contributed by atoms with Crippen molar-refractivity contribution in [1.82, 2.24) is 19.7 Å². The molecular weight excluding hydrogens is 428 g/mol. The molecule has 4 aromatic rings. The fourth-order valence-electron chi connectivity index (χ4n) is 3.91. The van der Waals surface area contributed by atoms with Crippen molar-refractivity contribution in [2.75, 3.05) is 6.61 Å². The molecule has 7 heteroatoms. The molecule has 1 unspecified atom stereocenters. The second-order valence-corrected chi connectivity index (χ2v) is 8.21. The van der Waals surface area contributed by atoms with Gasteiger partial charge in [-0.25, -0.2) is 9.97 Å². The molecule has 0 amide bonds. The Kier molecular flexibility index (Phi) is 6.80. The molecule has 1 aromatic carbocycles. The number of benzene rings is 1. The van der Waals surface area contributed by atoms with Crippen LogP contribution in [0.25, 0.3) is 11.3 Å². The van der Waals surface area contributed by atoms with Gasteiger partial charge in [-0.05, 0) is 68.5 Å². The Morgan fingerprint density at radius 3 is 2.79 bits per heavy atom. The molecule has 1 saturated heterocycles. The smallest absolute Gasteiger partial charge is 0.167 e. The molecule has 7 nitrogen and oxygen atoms in total. The van der Waals surface area contributed by atoms with Crippen LogP contribution in [0, 0.1) is 11.8 Å². The number of aromatic nitrogens is 4. The van der Waals surface area contributed by atoms with Crippen molar-refractivity contribution in [1.29, 1.82) is 0 Å². The molecule has 1 aliphatic heterocycles. The maximum atomic E-state index is 6.08. The third kappa shape index (κ3) is 5.42. The highest BCUT2D eigenvalue weighted by atomic mass is 16.7. The van der Waals surface area contributed by atoms with Gasteiger partial charge in [-0.15, -0.1) is 0 Å². The van der Waals surface area contributed by atoms with Crippen molar-refractivity contribution < 1.29 is 14.0 Å². The van der Waals surface area contributed by atoms with Crippen LogP contribution in [0.4, 0.5) is 0 Å². The minimum atomic E-state index is -0.177. The van der Waals surface area contributed by atoms with Crippen LogP contribution >= 0.6 is 0 Å². The molecule has 4 heterocycles. The third-order valence-electron chi connectivity index (χ3n) is 5.67. The van der Waals surface area contributed by atoms with Gasteiger partial charge in [0.25, 0.3) is 0 Å². The van der Waals surface area contributed by atoms with Crippen molar-refractivity contribution in [3.8, 4) is 23.2 Å². The maximum absolute atomic E-state index is 6.08. The molecule has 3 aromatic heterocycles. The van der Waals surface area contributed by atoms with Gasteiger partial charge < -0.3 is 18.6 Å². The van der Waals surface area contributed by atoms with E-state index in [1.165, 1.54) is 0 Å². The molecule has 0 bridgehead atoms. The van der Waals surface area contributed by atoms with Crippen LogP contribution in [0.15, 0.2) is 71.6 Å². The molecule has 5 rings (SSSR count). The third-order valence-corrected chi connectivity index (χ3v) is 5.67. The van der Waals surface area contributed by atoms with E-state index in [4.69, 9.17) is 14.0 Å². The Labute approximate surface area is 198 Å². The Balaban J connectivity index is 1.24. The van der Waals surface area contributed by atoms with Crippen molar-refractivity contribution in [3.05, 3.63) is 89.9 Å². The molecule has 0 N–H and O–H groups in total. The number of hydrogen-bond acceptors (Lipinski definition) is 6. The highest BCUT2D eigenvalue weighted by Crippen LogP contribution is 2.25. The maximum Gasteiger partial charge on any atom is 0.167 e. The SMILES string of the molecule is C[C@H](OC1CCCCO1)c1nccn1Cc1cc(-c2ccc(C#Cc3ccccn3)cc2)on1. The minimum absolute atomic E-state index is 0.163. The van der Waals surface area contributed by atoms with E-state index >= 15 is 0 Å². The lowest BCUT2D eigenvalue weighted by Gasteiger charge is -2.26. The van der Waals surface area contributed by atoms with Gasteiger partial charge in [-0.2, -0.15) is 0 Å². The first kappa shape index (κ1) is 22.1. The first-order valence-electron chi connectivity index (χ1n) is 11.5. The number of rotatable bonds is 6. The van der Waals surface area contributed by atoms with E-state index in [1.54, 1.807) is 12.4 Å². The van der Waals surface area contributed by atoms with Gasteiger partial charge in [-0.3, -0.25) is 0 Å². The Morgan fingerprint density at radius 2 is 2.00 bits per heavy atom. The summed E-state index contributed by atoms with van der Waals surface area (Å²) < 4.78 is 19.4. The molecular formula is C27H26N4O3. The van der Waals surface area contributed by atoms with Crippen molar-refractivity contribution in [2.24, 2.45) is 0 Å². The predicted molar refractivity (Wildman–Crippen MR) is 127 cm³/mol. The Morgan fingerprint density at radius 1 is 1.09 bits per heavy atom. The van der Waals surface area contributed by atoms with Gasteiger partial charge in [0.05, 0.1) is 6.54 Å². The van der Waals surface area contributed by atoms with Gasteiger partial charge in [-0.1, -0.05) is 17.1 Å². The Bertz CT molecular complexity index is 1260. The van der Waals surface area contributed by atoms with E-state index in [0.717, 1.165) is 54.2 Å². The highest BCUT2D eigenvalue weighted by Gasteiger charge is 2.21. The number of hydrogen-bond donors (Lipinski definition) is 0. The number of nitrogens with zero attached hydrogens (tertiary/aromatic N) is 4. The minimum Gasteiger partial charge on any atom is -0.356 e. The summed E-state index contributed by atoms with van der Waals surface area (Å²) in [7, 11) is 0. The van der Waals surface area contributed by atoms with Gasteiger partial charge >= 0.3 is 0 Å². The number of imidazole rings is 1. The van der Waals surface area contributed by atoms with Crippen LogP contribution in [-0.4, -0.2) is 32.6 Å². The van der Waals surface area contributed by atoms with Gasteiger partial charge in [0, 0.05) is 42.4 Å². The predicted octanol–water partition coefficient (Wildman–Crippen LogP) is 4.99. The lowest BCUT2D eigenvalue weighted by molar-refractivity contribution is -0.188. The van der Waals surface area contributed by atoms with E-state index in [-0.39, 0.29) is 12.4 Å². The summed E-state index contributed by atoms with van der Waals surface area (Å²) in [6, 6.07) is 15.5. The molecule has 0 saturated carbocycles. The summed E-state index contributed by atoms with van der Waals surface area (Å²) in [4.78, 5) is 8.72. The van der Waals surface area contributed by atoms with E-state index in [0.29, 0.717) is 12.3 Å². The summed E-state index contributed by atoms with van der Waals surface area (Å²) in [6.07, 6.45) is 8.26. The summed E-state index contributed by atoms with van der Waals surface area (Å²) in [6.45, 7) is 3.31. The second-order valence-electron chi connectivity index (χ2n) is 8.21. The molecule has 172 valence electrons. The summed E-state index contributed by atoms with van der Waals surface area (Å²) in [5.41, 5.74) is 3.41.